The standard InChI is InChI=1S/C31H59NO5.2C2H6.CH4/c1-10-12-13-14-16-19-26(36-23-21-30(4,5)6)29(37-24-31(7,8)11-2)28(25(3)35-9)32-27(34)20-17-15-18-22-33;2*1-2;/h10,12,22,25-26,28-29H,11,13-21,23-24H2,1-9H3,(H,32,34);2*1-2H3;1H4. The van der Waals surface area contributed by atoms with E-state index < -0.39 is 0 Å². The van der Waals surface area contributed by atoms with Crippen LogP contribution in [0.4, 0.5) is 0 Å². The third-order valence-electron chi connectivity index (χ3n) is 7.05. The second-order valence-corrected chi connectivity index (χ2v) is 12.3. The van der Waals surface area contributed by atoms with Gasteiger partial charge < -0.3 is 24.3 Å². The van der Waals surface area contributed by atoms with Crippen molar-refractivity contribution < 1.29 is 23.8 Å². The maximum atomic E-state index is 12.9. The van der Waals surface area contributed by atoms with Gasteiger partial charge in [-0.05, 0) is 69.6 Å². The Labute approximate surface area is 263 Å². The second kappa shape index (κ2) is 29.8. The van der Waals surface area contributed by atoms with Gasteiger partial charge in [-0.1, -0.05) is 95.2 Å². The Kier molecular flexibility index (Phi) is 33.9. The average Bonchev–Trinajstić information content (AvgIpc) is 2.95. The van der Waals surface area contributed by atoms with E-state index >= 15 is 0 Å². The summed E-state index contributed by atoms with van der Waals surface area (Å²) in [6, 6.07) is -0.341. The molecule has 6 heteroatoms. The Hall–Kier alpha value is -1.24. The van der Waals surface area contributed by atoms with Gasteiger partial charge in [0.1, 0.15) is 12.4 Å². The van der Waals surface area contributed by atoms with Gasteiger partial charge in [0, 0.05) is 26.6 Å². The molecule has 0 aromatic rings. The molecule has 0 aromatic carbocycles. The molecule has 0 saturated heterocycles. The van der Waals surface area contributed by atoms with Crippen molar-refractivity contribution in [3.05, 3.63) is 12.2 Å². The van der Waals surface area contributed by atoms with E-state index in [4.69, 9.17) is 14.2 Å². The molecule has 42 heavy (non-hydrogen) atoms. The molecule has 4 atom stereocenters. The van der Waals surface area contributed by atoms with Crippen LogP contribution in [0, 0.1) is 10.8 Å². The molecular formula is C36H75NO5. The summed E-state index contributed by atoms with van der Waals surface area (Å²) in [5.74, 6) is -0.0373. The Morgan fingerprint density at radius 1 is 0.929 bits per heavy atom. The van der Waals surface area contributed by atoms with E-state index in [1.807, 2.05) is 34.6 Å². The van der Waals surface area contributed by atoms with E-state index in [2.05, 4.69) is 65.9 Å². The van der Waals surface area contributed by atoms with Crippen molar-refractivity contribution in [1.82, 2.24) is 5.32 Å². The van der Waals surface area contributed by atoms with E-state index in [0.29, 0.717) is 32.5 Å². The van der Waals surface area contributed by atoms with E-state index in [1.54, 1.807) is 7.11 Å². The first-order valence-corrected chi connectivity index (χ1v) is 16.5. The molecule has 0 radical (unpaired) electrons. The molecule has 0 aromatic heterocycles. The van der Waals surface area contributed by atoms with Gasteiger partial charge in [0.05, 0.1) is 24.9 Å². The number of rotatable bonds is 22. The van der Waals surface area contributed by atoms with E-state index in [0.717, 1.165) is 51.2 Å². The fourth-order valence-electron chi connectivity index (χ4n) is 3.88. The highest BCUT2D eigenvalue weighted by atomic mass is 16.5. The molecule has 0 bridgehead atoms. The molecule has 0 aliphatic rings. The highest BCUT2D eigenvalue weighted by Gasteiger charge is 2.37. The first kappa shape index (κ1) is 47.7. The van der Waals surface area contributed by atoms with Crippen molar-refractivity contribution in [1.29, 1.82) is 0 Å². The van der Waals surface area contributed by atoms with Gasteiger partial charge in [0.15, 0.2) is 0 Å². The molecule has 6 nitrogen and oxygen atoms in total. The summed E-state index contributed by atoms with van der Waals surface area (Å²) in [7, 11) is 1.67. The third-order valence-corrected chi connectivity index (χ3v) is 7.05. The summed E-state index contributed by atoms with van der Waals surface area (Å²) in [6.07, 6.45) is 12.7. The smallest absolute Gasteiger partial charge is 0.220 e. The molecule has 0 aliphatic carbocycles. The van der Waals surface area contributed by atoms with Crippen LogP contribution in [-0.4, -0.2) is 56.9 Å². The van der Waals surface area contributed by atoms with E-state index in [9.17, 15) is 9.59 Å². The molecule has 0 spiro atoms. The molecule has 1 amide bonds. The van der Waals surface area contributed by atoms with Crippen LogP contribution < -0.4 is 5.32 Å². The lowest BCUT2D eigenvalue weighted by Crippen LogP contribution is -2.56. The number of carbonyl (C=O) groups is 2. The van der Waals surface area contributed by atoms with Gasteiger partial charge in [-0.25, -0.2) is 0 Å². The average molecular weight is 602 g/mol. The molecule has 254 valence electrons. The third kappa shape index (κ3) is 26.4. The van der Waals surface area contributed by atoms with Crippen LogP contribution in [-0.2, 0) is 23.8 Å². The number of aldehydes is 1. The monoisotopic (exact) mass is 602 g/mol. The van der Waals surface area contributed by atoms with E-state index in [-0.39, 0.29) is 48.5 Å². The SMILES string of the molecule is C.CC.CC.CC=CCCCCC(OCCC(C)(C)C)C(OCC(C)(C)CC)C(NC(=O)CCCCC=O)C(C)OC. The molecule has 0 fully saturated rings. The highest BCUT2D eigenvalue weighted by Crippen LogP contribution is 2.27. The van der Waals surface area contributed by atoms with Gasteiger partial charge in [-0.3, -0.25) is 4.79 Å². The fourth-order valence-corrected chi connectivity index (χ4v) is 3.88. The number of methoxy groups -OCH3 is 1. The van der Waals surface area contributed by atoms with Crippen LogP contribution in [0.1, 0.15) is 155 Å². The van der Waals surface area contributed by atoms with Crippen molar-refractivity contribution in [2.24, 2.45) is 10.8 Å². The summed E-state index contributed by atoms with van der Waals surface area (Å²) in [6.45, 7) is 26.5. The van der Waals surface area contributed by atoms with Crippen molar-refractivity contribution >= 4 is 12.2 Å². The topological polar surface area (TPSA) is 73.9 Å². The summed E-state index contributed by atoms with van der Waals surface area (Å²) < 4.78 is 19.0. The number of ether oxygens (including phenoxy) is 3. The van der Waals surface area contributed by atoms with Crippen LogP contribution >= 0.6 is 0 Å². The summed E-state index contributed by atoms with van der Waals surface area (Å²) in [4.78, 5) is 23.6. The van der Waals surface area contributed by atoms with Crippen molar-refractivity contribution in [2.75, 3.05) is 20.3 Å². The zero-order valence-corrected chi connectivity index (χ0v) is 29.6. The Morgan fingerprint density at radius 3 is 2.02 bits per heavy atom. The number of carbonyl (C=O) groups excluding carboxylic acids is 2. The van der Waals surface area contributed by atoms with Crippen LogP contribution in [0.25, 0.3) is 0 Å². The molecule has 4 unspecified atom stereocenters. The summed E-state index contributed by atoms with van der Waals surface area (Å²) >= 11 is 0. The number of hydrogen-bond acceptors (Lipinski definition) is 5. The maximum absolute atomic E-state index is 12.9. The summed E-state index contributed by atoms with van der Waals surface area (Å²) in [5, 5.41) is 3.23. The van der Waals surface area contributed by atoms with Crippen LogP contribution in [0.3, 0.4) is 0 Å². The minimum Gasteiger partial charge on any atom is -0.380 e. The predicted octanol–water partition coefficient (Wildman–Crippen LogP) is 9.73. The van der Waals surface area contributed by atoms with E-state index in [1.165, 1.54) is 0 Å². The number of unbranched alkanes of at least 4 members (excludes halogenated alkanes) is 4. The van der Waals surface area contributed by atoms with Gasteiger partial charge in [0.2, 0.25) is 5.91 Å². The predicted molar refractivity (Wildman–Crippen MR) is 183 cm³/mol. The number of allylic oxidation sites excluding steroid dienone is 2. The summed E-state index contributed by atoms with van der Waals surface area (Å²) in [5.41, 5.74) is 0.186. The Morgan fingerprint density at radius 2 is 1.52 bits per heavy atom. The van der Waals surface area contributed by atoms with Gasteiger partial charge >= 0.3 is 0 Å². The first-order chi connectivity index (χ1) is 19.4. The molecule has 1 N–H and O–H groups in total. The largest absolute Gasteiger partial charge is 0.380 e. The minimum atomic E-state index is -0.341. The molecule has 0 aliphatic heterocycles. The van der Waals surface area contributed by atoms with Gasteiger partial charge in [-0.2, -0.15) is 0 Å². The lowest BCUT2D eigenvalue weighted by Gasteiger charge is -2.39. The minimum absolute atomic E-state index is 0. The quantitative estimate of drug-likeness (QED) is 0.0759. The number of hydrogen-bond donors (Lipinski definition) is 1. The molecular weight excluding hydrogens is 526 g/mol. The van der Waals surface area contributed by atoms with Gasteiger partial charge in [-0.15, -0.1) is 0 Å². The molecule has 0 heterocycles. The molecule has 0 saturated carbocycles. The normalized spacial score (nSPS) is 14.3. The van der Waals surface area contributed by atoms with Crippen molar-refractivity contribution in [3.63, 3.8) is 0 Å². The van der Waals surface area contributed by atoms with Crippen molar-refractivity contribution in [3.8, 4) is 0 Å². The fraction of sp³-hybridized carbons (Fsp3) is 0.889. The number of amides is 1. The van der Waals surface area contributed by atoms with Crippen LogP contribution in [0.2, 0.25) is 0 Å². The lowest BCUT2D eigenvalue weighted by atomic mass is 9.90. The zero-order valence-electron chi connectivity index (χ0n) is 29.6. The van der Waals surface area contributed by atoms with Crippen molar-refractivity contribution in [2.45, 2.75) is 179 Å². The van der Waals surface area contributed by atoms with Crippen LogP contribution in [0.15, 0.2) is 12.2 Å². The molecule has 0 rings (SSSR count). The Balaban J connectivity index is -0.00000138. The second-order valence-electron chi connectivity index (χ2n) is 12.3. The Bertz CT molecular complexity index is 627. The first-order valence-electron chi connectivity index (χ1n) is 16.5. The van der Waals surface area contributed by atoms with Gasteiger partial charge in [0.25, 0.3) is 0 Å². The lowest BCUT2D eigenvalue weighted by molar-refractivity contribution is -0.139. The maximum Gasteiger partial charge on any atom is 0.220 e. The van der Waals surface area contributed by atoms with Crippen LogP contribution in [0.5, 0.6) is 0 Å². The highest BCUT2D eigenvalue weighted by molar-refractivity contribution is 5.76. The number of nitrogens with one attached hydrogen (secondary N) is 1. The zero-order chi connectivity index (χ0) is 32.3.